The van der Waals surface area contributed by atoms with Gasteiger partial charge in [-0.2, -0.15) is 0 Å². The molecule has 1 aromatic rings. The molecule has 130 valence electrons. The Balaban J connectivity index is 2.87. The van der Waals surface area contributed by atoms with E-state index in [1.165, 1.54) is 0 Å². The van der Waals surface area contributed by atoms with E-state index < -0.39 is 0 Å². The minimum Gasteiger partial charge on any atom is -0.490 e. The normalized spacial score (nSPS) is 10.4. The second kappa shape index (κ2) is 11.8. The van der Waals surface area contributed by atoms with Gasteiger partial charge >= 0.3 is 0 Å². The first-order valence-corrected chi connectivity index (χ1v) is 8.91. The molecule has 1 amide bonds. The van der Waals surface area contributed by atoms with Gasteiger partial charge in [-0.3, -0.25) is 4.79 Å². The van der Waals surface area contributed by atoms with E-state index in [1.807, 2.05) is 12.1 Å². The highest BCUT2D eigenvalue weighted by Crippen LogP contribution is 2.32. The van der Waals surface area contributed by atoms with E-state index in [0.717, 1.165) is 38.5 Å². The number of benzene rings is 1. The van der Waals surface area contributed by atoms with Gasteiger partial charge in [0.15, 0.2) is 11.5 Å². The Morgan fingerprint density at radius 3 is 2.26 bits per heavy atom. The summed E-state index contributed by atoms with van der Waals surface area (Å²) in [6, 6.07) is 5.53. The lowest BCUT2D eigenvalue weighted by Gasteiger charge is -2.16. The third kappa shape index (κ3) is 6.93. The van der Waals surface area contributed by atoms with E-state index in [9.17, 15) is 4.79 Å². The third-order valence-corrected chi connectivity index (χ3v) is 3.54. The predicted molar refractivity (Wildman–Crippen MR) is 94.5 cm³/mol. The van der Waals surface area contributed by atoms with E-state index >= 15 is 0 Å². The summed E-state index contributed by atoms with van der Waals surface area (Å²) < 4.78 is 11.7. The Hall–Kier alpha value is -1.71. The van der Waals surface area contributed by atoms with Gasteiger partial charge in [0, 0.05) is 6.54 Å². The fourth-order valence-corrected chi connectivity index (χ4v) is 2.08. The highest BCUT2D eigenvalue weighted by atomic mass is 16.5. The third-order valence-electron chi connectivity index (χ3n) is 3.54. The maximum atomic E-state index is 12.4. The van der Waals surface area contributed by atoms with Crippen molar-refractivity contribution in [3.8, 4) is 11.5 Å². The fraction of sp³-hybridized carbons (Fsp3) is 0.632. The predicted octanol–water partition coefficient (Wildman–Crippen LogP) is 4.57. The van der Waals surface area contributed by atoms with Crippen molar-refractivity contribution in [2.45, 2.75) is 59.3 Å². The first kappa shape index (κ1) is 19.3. The van der Waals surface area contributed by atoms with Crippen LogP contribution in [-0.2, 0) is 0 Å². The molecule has 0 unspecified atom stereocenters. The Morgan fingerprint density at radius 2 is 1.61 bits per heavy atom. The number of ether oxygens (including phenoxy) is 2. The summed E-state index contributed by atoms with van der Waals surface area (Å²) in [5, 5.41) is 2.95. The van der Waals surface area contributed by atoms with Crippen molar-refractivity contribution in [3.05, 3.63) is 23.8 Å². The molecule has 0 bridgehead atoms. The number of unbranched alkanes of at least 4 members (excludes halogenated alkanes) is 3. The Morgan fingerprint density at radius 1 is 0.957 bits per heavy atom. The molecule has 1 aromatic carbocycles. The standard InChI is InChI=1S/C19H31NO3/c1-4-7-13-20-19(21)16-11-10-12-17(22-14-8-5-2)18(16)23-15-9-6-3/h10-12H,4-9,13-15H2,1-3H3,(H,20,21). The van der Waals surface area contributed by atoms with Crippen LogP contribution in [0.4, 0.5) is 0 Å². The van der Waals surface area contributed by atoms with Crippen molar-refractivity contribution in [2.24, 2.45) is 0 Å². The molecular weight excluding hydrogens is 290 g/mol. The summed E-state index contributed by atoms with van der Waals surface area (Å²) in [6.07, 6.45) is 6.10. The quantitative estimate of drug-likeness (QED) is 0.573. The number of rotatable bonds is 12. The van der Waals surface area contributed by atoms with Gasteiger partial charge in [0.05, 0.1) is 18.8 Å². The van der Waals surface area contributed by atoms with Gasteiger partial charge in [-0.15, -0.1) is 0 Å². The van der Waals surface area contributed by atoms with Gasteiger partial charge < -0.3 is 14.8 Å². The summed E-state index contributed by atoms with van der Waals surface area (Å²) in [4.78, 5) is 12.4. The average molecular weight is 321 g/mol. The molecule has 0 saturated carbocycles. The SMILES string of the molecule is CCCCNC(=O)c1cccc(OCCCC)c1OCCCC. The molecule has 1 N–H and O–H groups in total. The van der Waals surface area contributed by atoms with E-state index in [1.54, 1.807) is 6.07 Å². The summed E-state index contributed by atoms with van der Waals surface area (Å²) in [6.45, 7) is 8.27. The number of hydrogen-bond acceptors (Lipinski definition) is 3. The van der Waals surface area contributed by atoms with Gasteiger partial charge in [0.1, 0.15) is 0 Å². The molecule has 0 heterocycles. The summed E-state index contributed by atoms with van der Waals surface area (Å²) in [5.41, 5.74) is 0.561. The van der Waals surface area contributed by atoms with Crippen LogP contribution in [0.15, 0.2) is 18.2 Å². The van der Waals surface area contributed by atoms with Crippen molar-refractivity contribution in [3.63, 3.8) is 0 Å². The van der Waals surface area contributed by atoms with Gasteiger partial charge in [-0.25, -0.2) is 0 Å². The van der Waals surface area contributed by atoms with Gasteiger partial charge in [0.25, 0.3) is 5.91 Å². The molecular formula is C19H31NO3. The minimum absolute atomic E-state index is 0.0918. The number of para-hydroxylation sites is 1. The minimum atomic E-state index is -0.0918. The Labute approximate surface area is 140 Å². The van der Waals surface area contributed by atoms with Crippen LogP contribution in [-0.4, -0.2) is 25.7 Å². The summed E-state index contributed by atoms with van der Waals surface area (Å²) >= 11 is 0. The number of amides is 1. The lowest BCUT2D eigenvalue weighted by atomic mass is 10.1. The molecule has 0 spiro atoms. The van der Waals surface area contributed by atoms with Crippen LogP contribution in [0.1, 0.15) is 69.7 Å². The van der Waals surface area contributed by atoms with Crippen molar-refractivity contribution >= 4 is 5.91 Å². The van der Waals surface area contributed by atoms with Gasteiger partial charge in [-0.05, 0) is 31.4 Å². The first-order valence-electron chi connectivity index (χ1n) is 8.91. The van der Waals surface area contributed by atoms with Crippen molar-refractivity contribution < 1.29 is 14.3 Å². The smallest absolute Gasteiger partial charge is 0.255 e. The fourth-order valence-electron chi connectivity index (χ4n) is 2.08. The molecule has 1 rings (SSSR count). The zero-order chi connectivity index (χ0) is 16.9. The van der Waals surface area contributed by atoms with Gasteiger partial charge in [0.2, 0.25) is 0 Å². The van der Waals surface area contributed by atoms with Crippen molar-refractivity contribution in [1.29, 1.82) is 0 Å². The summed E-state index contributed by atoms with van der Waals surface area (Å²) in [5.74, 6) is 1.15. The van der Waals surface area contributed by atoms with E-state index in [2.05, 4.69) is 26.1 Å². The van der Waals surface area contributed by atoms with E-state index in [4.69, 9.17) is 9.47 Å². The lowest BCUT2D eigenvalue weighted by Crippen LogP contribution is -2.25. The first-order chi connectivity index (χ1) is 11.2. The molecule has 0 fully saturated rings. The molecule has 4 heteroatoms. The zero-order valence-electron chi connectivity index (χ0n) is 14.8. The average Bonchev–Trinajstić information content (AvgIpc) is 2.56. The maximum Gasteiger partial charge on any atom is 0.255 e. The molecule has 0 atom stereocenters. The van der Waals surface area contributed by atoms with Gasteiger partial charge in [-0.1, -0.05) is 46.1 Å². The van der Waals surface area contributed by atoms with E-state index in [-0.39, 0.29) is 5.91 Å². The molecule has 23 heavy (non-hydrogen) atoms. The maximum absolute atomic E-state index is 12.4. The van der Waals surface area contributed by atoms with Crippen LogP contribution >= 0.6 is 0 Å². The lowest BCUT2D eigenvalue weighted by molar-refractivity contribution is 0.0948. The van der Waals surface area contributed by atoms with Crippen LogP contribution in [0.2, 0.25) is 0 Å². The summed E-state index contributed by atoms with van der Waals surface area (Å²) in [7, 11) is 0. The Bertz CT molecular complexity index is 460. The Kier molecular flexibility index (Phi) is 9.92. The van der Waals surface area contributed by atoms with Crippen molar-refractivity contribution in [1.82, 2.24) is 5.32 Å². The highest BCUT2D eigenvalue weighted by Gasteiger charge is 2.17. The second-order valence-corrected chi connectivity index (χ2v) is 5.65. The van der Waals surface area contributed by atoms with Crippen LogP contribution in [0.3, 0.4) is 0 Å². The number of hydrogen-bond donors (Lipinski definition) is 1. The number of nitrogens with one attached hydrogen (secondary N) is 1. The second-order valence-electron chi connectivity index (χ2n) is 5.65. The largest absolute Gasteiger partial charge is 0.490 e. The molecule has 0 radical (unpaired) electrons. The topological polar surface area (TPSA) is 47.6 Å². The van der Waals surface area contributed by atoms with Crippen LogP contribution in [0.25, 0.3) is 0 Å². The number of carbonyl (C=O) groups is 1. The molecule has 0 aliphatic carbocycles. The van der Waals surface area contributed by atoms with E-state index in [0.29, 0.717) is 36.8 Å². The van der Waals surface area contributed by atoms with Crippen molar-refractivity contribution in [2.75, 3.05) is 19.8 Å². The molecule has 4 nitrogen and oxygen atoms in total. The molecule has 0 saturated heterocycles. The van der Waals surface area contributed by atoms with Crippen LogP contribution in [0, 0.1) is 0 Å². The van der Waals surface area contributed by atoms with Crippen LogP contribution < -0.4 is 14.8 Å². The zero-order valence-corrected chi connectivity index (χ0v) is 14.8. The highest BCUT2D eigenvalue weighted by molar-refractivity contribution is 5.97. The number of carbonyl (C=O) groups excluding carboxylic acids is 1. The molecule has 0 aromatic heterocycles. The molecule has 0 aliphatic rings. The molecule has 0 aliphatic heterocycles. The van der Waals surface area contributed by atoms with Crippen LogP contribution in [0.5, 0.6) is 11.5 Å². The monoisotopic (exact) mass is 321 g/mol.